The second-order valence-corrected chi connectivity index (χ2v) is 7.64. The van der Waals surface area contributed by atoms with Crippen molar-refractivity contribution in [2.24, 2.45) is 5.41 Å². The number of aromatic nitrogens is 2. The van der Waals surface area contributed by atoms with Crippen molar-refractivity contribution in [2.45, 2.75) is 52.5 Å². The molecular weight excluding hydrogens is 284 g/mol. The second-order valence-electron chi connectivity index (χ2n) is 7.37. The van der Waals surface area contributed by atoms with Gasteiger partial charge in [0.05, 0.1) is 16.8 Å². The number of fused-ring (bicyclic) bond motifs is 1. The van der Waals surface area contributed by atoms with Gasteiger partial charge in [-0.2, -0.15) is 0 Å². The third kappa shape index (κ3) is 3.29. The van der Waals surface area contributed by atoms with Crippen LogP contribution in [0.3, 0.4) is 0 Å². The highest BCUT2D eigenvalue weighted by molar-refractivity contribution is 6.16. The van der Waals surface area contributed by atoms with Gasteiger partial charge in [0.1, 0.15) is 5.82 Å². The Morgan fingerprint density at radius 1 is 1.14 bits per heavy atom. The van der Waals surface area contributed by atoms with Gasteiger partial charge in [-0.3, -0.25) is 9.36 Å². The highest BCUT2D eigenvalue weighted by atomic mass is 35.5. The lowest BCUT2D eigenvalue weighted by molar-refractivity contribution is 0.205. The Morgan fingerprint density at radius 2 is 1.76 bits per heavy atom. The first-order valence-electron chi connectivity index (χ1n) is 7.23. The Balaban J connectivity index is 2.73. The van der Waals surface area contributed by atoms with Crippen LogP contribution in [0.4, 0.5) is 0 Å². The fourth-order valence-corrected chi connectivity index (χ4v) is 3.45. The normalized spacial score (nSPS) is 12.9. The van der Waals surface area contributed by atoms with Gasteiger partial charge in [-0.25, -0.2) is 4.98 Å². The number of hydrogen-bond acceptors (Lipinski definition) is 2. The van der Waals surface area contributed by atoms with Gasteiger partial charge in [0, 0.05) is 5.54 Å². The maximum Gasteiger partial charge on any atom is 0.261 e. The number of rotatable bonds is 3. The lowest BCUT2D eigenvalue weighted by Gasteiger charge is -2.35. The summed E-state index contributed by atoms with van der Waals surface area (Å²) in [5.41, 5.74) is 0.473. The summed E-state index contributed by atoms with van der Waals surface area (Å²) in [5, 5.41) is 0.647. The molecule has 0 spiro atoms. The Kier molecular flexibility index (Phi) is 4.16. The van der Waals surface area contributed by atoms with Crippen molar-refractivity contribution in [2.75, 3.05) is 0 Å². The van der Waals surface area contributed by atoms with Crippen LogP contribution < -0.4 is 5.56 Å². The Hall–Kier alpha value is -1.35. The number of nitrogens with zero attached hydrogens (tertiary/aromatic N) is 2. The number of alkyl halides is 1. The van der Waals surface area contributed by atoms with Crippen LogP contribution in [0, 0.1) is 5.41 Å². The molecule has 0 bridgehead atoms. The van der Waals surface area contributed by atoms with E-state index in [2.05, 4.69) is 39.6 Å². The van der Waals surface area contributed by atoms with Gasteiger partial charge in [0.15, 0.2) is 0 Å². The molecule has 4 heteroatoms. The highest BCUT2D eigenvalue weighted by Crippen LogP contribution is 2.32. The van der Waals surface area contributed by atoms with E-state index in [-0.39, 0.29) is 22.4 Å². The SMILES string of the molecule is CC(C)(C)CC(C)(C)n1c(CCl)nc2ccccc2c1=O. The van der Waals surface area contributed by atoms with Gasteiger partial charge in [-0.05, 0) is 37.8 Å². The highest BCUT2D eigenvalue weighted by Gasteiger charge is 2.30. The number of halogens is 1. The molecule has 0 atom stereocenters. The van der Waals surface area contributed by atoms with Crippen LogP contribution in [0.25, 0.3) is 10.9 Å². The molecule has 0 aliphatic carbocycles. The lowest BCUT2D eigenvalue weighted by atomic mass is 9.81. The number of para-hydroxylation sites is 1. The fourth-order valence-electron chi connectivity index (χ4n) is 3.27. The van der Waals surface area contributed by atoms with Crippen LogP contribution in [-0.2, 0) is 11.4 Å². The first-order chi connectivity index (χ1) is 9.65. The molecule has 0 fully saturated rings. The predicted octanol–water partition coefficient (Wildman–Crippen LogP) is 4.31. The maximum absolute atomic E-state index is 12.9. The molecule has 1 aromatic carbocycles. The smallest absolute Gasteiger partial charge is 0.261 e. The number of benzene rings is 1. The van der Waals surface area contributed by atoms with Crippen LogP contribution in [0.1, 0.15) is 46.9 Å². The minimum absolute atomic E-state index is 0.00880. The fraction of sp³-hybridized carbons (Fsp3) is 0.529. The third-order valence-corrected chi connectivity index (χ3v) is 3.77. The molecule has 0 saturated carbocycles. The van der Waals surface area contributed by atoms with Crippen molar-refractivity contribution in [1.82, 2.24) is 9.55 Å². The zero-order chi connectivity index (χ0) is 15.8. The second kappa shape index (κ2) is 5.45. The first kappa shape index (κ1) is 16.0. The van der Waals surface area contributed by atoms with Crippen LogP contribution in [0.5, 0.6) is 0 Å². The van der Waals surface area contributed by atoms with E-state index in [1.807, 2.05) is 24.3 Å². The standard InChI is InChI=1S/C17H23ClN2O/c1-16(2,3)11-17(4,5)20-14(10-18)19-13-9-7-6-8-12(13)15(20)21/h6-9H,10-11H2,1-5H3. The molecule has 0 unspecified atom stereocenters. The van der Waals surface area contributed by atoms with E-state index >= 15 is 0 Å². The first-order valence-corrected chi connectivity index (χ1v) is 7.76. The molecule has 1 aromatic heterocycles. The number of hydrogen-bond donors (Lipinski definition) is 0. The summed E-state index contributed by atoms with van der Waals surface area (Å²) in [6, 6.07) is 7.44. The monoisotopic (exact) mass is 306 g/mol. The van der Waals surface area contributed by atoms with Gasteiger partial charge in [0.25, 0.3) is 5.56 Å². The summed E-state index contributed by atoms with van der Waals surface area (Å²) >= 11 is 6.06. The zero-order valence-corrected chi connectivity index (χ0v) is 14.2. The Bertz CT molecular complexity index is 711. The third-order valence-electron chi connectivity index (χ3n) is 3.53. The van der Waals surface area contributed by atoms with Crippen molar-refractivity contribution in [1.29, 1.82) is 0 Å². The van der Waals surface area contributed by atoms with Crippen LogP contribution in [-0.4, -0.2) is 9.55 Å². The minimum Gasteiger partial charge on any atom is -0.289 e. The van der Waals surface area contributed by atoms with Gasteiger partial charge in [-0.1, -0.05) is 32.9 Å². The van der Waals surface area contributed by atoms with E-state index in [1.165, 1.54) is 0 Å². The zero-order valence-electron chi connectivity index (χ0n) is 13.4. The average Bonchev–Trinajstić information content (AvgIpc) is 2.35. The van der Waals surface area contributed by atoms with Gasteiger partial charge < -0.3 is 0 Å². The molecule has 0 N–H and O–H groups in total. The molecule has 1 heterocycles. The van der Waals surface area contributed by atoms with Crippen LogP contribution >= 0.6 is 11.6 Å². The molecule has 3 nitrogen and oxygen atoms in total. The molecular formula is C17H23ClN2O. The maximum atomic E-state index is 12.9. The van der Waals surface area contributed by atoms with Gasteiger partial charge >= 0.3 is 0 Å². The van der Waals surface area contributed by atoms with Crippen molar-refractivity contribution in [3.63, 3.8) is 0 Å². The lowest BCUT2D eigenvalue weighted by Crippen LogP contribution is -2.41. The van der Waals surface area contributed by atoms with Crippen molar-refractivity contribution in [3.05, 3.63) is 40.4 Å². The largest absolute Gasteiger partial charge is 0.289 e. The molecule has 0 saturated heterocycles. The Morgan fingerprint density at radius 3 is 2.33 bits per heavy atom. The van der Waals surface area contributed by atoms with E-state index in [0.717, 1.165) is 6.42 Å². The van der Waals surface area contributed by atoms with Crippen molar-refractivity contribution < 1.29 is 0 Å². The van der Waals surface area contributed by atoms with Gasteiger partial charge in [-0.15, -0.1) is 11.6 Å². The summed E-state index contributed by atoms with van der Waals surface area (Å²) < 4.78 is 1.77. The van der Waals surface area contributed by atoms with E-state index in [9.17, 15) is 4.79 Å². The predicted molar refractivity (Wildman–Crippen MR) is 89.0 cm³/mol. The minimum atomic E-state index is -0.337. The molecule has 2 aromatic rings. The molecule has 0 radical (unpaired) electrons. The summed E-state index contributed by atoms with van der Waals surface area (Å²) in [5.74, 6) is 0.864. The van der Waals surface area contributed by atoms with Crippen LogP contribution in [0.15, 0.2) is 29.1 Å². The van der Waals surface area contributed by atoms with Gasteiger partial charge in [0.2, 0.25) is 0 Å². The van der Waals surface area contributed by atoms with E-state index in [1.54, 1.807) is 4.57 Å². The van der Waals surface area contributed by atoms with E-state index < -0.39 is 0 Å². The molecule has 21 heavy (non-hydrogen) atoms. The summed E-state index contributed by atoms with van der Waals surface area (Å²) in [4.78, 5) is 17.5. The molecule has 0 aliphatic heterocycles. The van der Waals surface area contributed by atoms with Crippen molar-refractivity contribution >= 4 is 22.5 Å². The molecule has 0 aliphatic rings. The average molecular weight is 307 g/mol. The Labute approximate surface area is 131 Å². The molecule has 114 valence electrons. The summed E-state index contributed by atoms with van der Waals surface area (Å²) in [6.07, 6.45) is 0.865. The topological polar surface area (TPSA) is 34.9 Å². The molecule has 2 rings (SSSR count). The summed E-state index contributed by atoms with van der Waals surface area (Å²) in [6.45, 7) is 10.7. The van der Waals surface area contributed by atoms with Crippen LogP contribution in [0.2, 0.25) is 0 Å². The quantitative estimate of drug-likeness (QED) is 0.792. The summed E-state index contributed by atoms with van der Waals surface area (Å²) in [7, 11) is 0. The van der Waals surface area contributed by atoms with E-state index in [4.69, 9.17) is 11.6 Å². The molecule has 0 amide bonds. The van der Waals surface area contributed by atoms with Crippen molar-refractivity contribution in [3.8, 4) is 0 Å². The van der Waals surface area contributed by atoms with E-state index in [0.29, 0.717) is 16.7 Å².